The summed E-state index contributed by atoms with van der Waals surface area (Å²) >= 11 is 1.24. The molecule has 106 valence electrons. The first-order valence-electron chi connectivity index (χ1n) is 5.63. The van der Waals surface area contributed by atoms with Crippen LogP contribution in [-0.2, 0) is 21.2 Å². The van der Waals surface area contributed by atoms with E-state index in [0.29, 0.717) is 11.6 Å². The highest BCUT2D eigenvalue weighted by Gasteiger charge is 2.08. The Morgan fingerprint density at radius 1 is 1.30 bits per heavy atom. The largest absolute Gasteiger partial charge is 0.301 e. The SMILES string of the molecule is NS(=O)(=O)c1ccc(CCC(=O)Nc2nncs2)cc1. The van der Waals surface area contributed by atoms with Crippen molar-refractivity contribution in [3.05, 3.63) is 35.3 Å². The van der Waals surface area contributed by atoms with Crippen molar-refractivity contribution >= 4 is 32.4 Å². The molecule has 2 rings (SSSR count). The van der Waals surface area contributed by atoms with Crippen LogP contribution in [0.1, 0.15) is 12.0 Å². The van der Waals surface area contributed by atoms with Crippen LogP contribution in [0.4, 0.5) is 5.13 Å². The molecule has 1 aromatic heterocycles. The highest BCUT2D eigenvalue weighted by atomic mass is 32.2. The van der Waals surface area contributed by atoms with E-state index in [1.165, 1.54) is 29.0 Å². The number of nitrogens with two attached hydrogens (primary N) is 1. The number of hydrogen-bond acceptors (Lipinski definition) is 6. The summed E-state index contributed by atoms with van der Waals surface area (Å²) in [4.78, 5) is 11.7. The van der Waals surface area contributed by atoms with Crippen LogP contribution in [0.5, 0.6) is 0 Å². The number of carbonyl (C=O) groups excluding carboxylic acids is 1. The maximum Gasteiger partial charge on any atom is 0.238 e. The van der Waals surface area contributed by atoms with Gasteiger partial charge >= 0.3 is 0 Å². The molecule has 0 aliphatic heterocycles. The van der Waals surface area contributed by atoms with Gasteiger partial charge in [0.25, 0.3) is 0 Å². The molecule has 7 nitrogen and oxygen atoms in total. The van der Waals surface area contributed by atoms with Crippen molar-refractivity contribution in [3.8, 4) is 0 Å². The van der Waals surface area contributed by atoms with Crippen LogP contribution < -0.4 is 10.5 Å². The second kappa shape index (κ2) is 6.07. The summed E-state index contributed by atoms with van der Waals surface area (Å²) in [6.07, 6.45) is 0.768. The maximum atomic E-state index is 11.6. The fourth-order valence-electron chi connectivity index (χ4n) is 1.51. The third-order valence-electron chi connectivity index (χ3n) is 2.50. The molecule has 1 aromatic carbocycles. The van der Waals surface area contributed by atoms with Gasteiger partial charge in [0.2, 0.25) is 21.1 Å². The normalized spacial score (nSPS) is 11.2. The van der Waals surface area contributed by atoms with Crippen LogP contribution in [0.25, 0.3) is 0 Å². The number of aryl methyl sites for hydroxylation is 1. The molecule has 3 N–H and O–H groups in total. The molecule has 0 atom stereocenters. The topological polar surface area (TPSA) is 115 Å². The average Bonchev–Trinajstić information content (AvgIpc) is 2.88. The molecule has 0 bridgehead atoms. The van der Waals surface area contributed by atoms with Gasteiger partial charge in [-0.2, -0.15) is 0 Å². The molecule has 0 aliphatic carbocycles. The number of anilines is 1. The van der Waals surface area contributed by atoms with E-state index in [-0.39, 0.29) is 17.2 Å². The third kappa shape index (κ3) is 4.08. The van der Waals surface area contributed by atoms with Gasteiger partial charge in [-0.05, 0) is 24.1 Å². The number of hydrogen-bond donors (Lipinski definition) is 2. The number of nitrogens with zero attached hydrogens (tertiary/aromatic N) is 2. The predicted octanol–water partition coefficient (Wildman–Crippen LogP) is 0.757. The highest BCUT2D eigenvalue weighted by molar-refractivity contribution is 7.89. The minimum atomic E-state index is -3.68. The van der Waals surface area contributed by atoms with Gasteiger partial charge in [0.15, 0.2) is 0 Å². The third-order valence-corrected chi connectivity index (χ3v) is 4.03. The molecule has 1 amide bonds. The molecule has 1 heterocycles. The number of primary sulfonamides is 1. The first kappa shape index (κ1) is 14.6. The maximum absolute atomic E-state index is 11.6. The Hall–Kier alpha value is -1.84. The Bertz CT molecular complexity index is 681. The van der Waals surface area contributed by atoms with E-state index < -0.39 is 10.0 Å². The van der Waals surface area contributed by atoms with Crippen LogP contribution in [0.3, 0.4) is 0 Å². The Morgan fingerprint density at radius 2 is 2.00 bits per heavy atom. The molecule has 0 saturated heterocycles. The predicted molar refractivity (Wildman–Crippen MR) is 74.7 cm³/mol. The standard InChI is InChI=1S/C11H12N4O3S2/c12-20(17,18)9-4-1-8(2-5-9)3-6-10(16)14-11-15-13-7-19-11/h1-2,4-5,7H,3,6H2,(H2,12,17,18)(H,14,15,16). The Balaban J connectivity index is 1.89. The van der Waals surface area contributed by atoms with Crippen LogP contribution >= 0.6 is 11.3 Å². The molecular weight excluding hydrogens is 300 g/mol. The van der Waals surface area contributed by atoms with Gasteiger partial charge in [-0.25, -0.2) is 13.6 Å². The first-order valence-corrected chi connectivity index (χ1v) is 8.05. The van der Waals surface area contributed by atoms with Crippen LogP contribution in [-0.4, -0.2) is 24.5 Å². The summed E-state index contributed by atoms with van der Waals surface area (Å²) in [7, 11) is -3.68. The Labute approximate surface area is 119 Å². The van der Waals surface area contributed by atoms with Crippen molar-refractivity contribution in [2.45, 2.75) is 17.7 Å². The van der Waals surface area contributed by atoms with Crippen molar-refractivity contribution in [2.24, 2.45) is 5.14 Å². The summed E-state index contributed by atoms with van der Waals surface area (Å²) in [6.45, 7) is 0. The number of amides is 1. The van der Waals surface area contributed by atoms with Crippen molar-refractivity contribution in [2.75, 3.05) is 5.32 Å². The lowest BCUT2D eigenvalue weighted by atomic mass is 10.1. The van der Waals surface area contributed by atoms with Gasteiger partial charge in [0, 0.05) is 6.42 Å². The summed E-state index contributed by atoms with van der Waals surface area (Å²) in [5.74, 6) is -0.169. The lowest BCUT2D eigenvalue weighted by Gasteiger charge is -2.03. The van der Waals surface area contributed by atoms with Crippen LogP contribution in [0.15, 0.2) is 34.7 Å². The quantitative estimate of drug-likeness (QED) is 0.845. The van der Waals surface area contributed by atoms with Crippen molar-refractivity contribution in [1.82, 2.24) is 10.2 Å². The van der Waals surface area contributed by atoms with E-state index >= 15 is 0 Å². The van der Waals surface area contributed by atoms with Gasteiger partial charge < -0.3 is 5.32 Å². The van der Waals surface area contributed by atoms with Gasteiger partial charge in [-0.3, -0.25) is 4.79 Å². The summed E-state index contributed by atoms with van der Waals surface area (Å²) < 4.78 is 22.2. The number of rotatable bonds is 5. The van der Waals surface area contributed by atoms with E-state index in [1.807, 2.05) is 0 Å². The summed E-state index contributed by atoms with van der Waals surface area (Å²) in [6, 6.07) is 6.12. The van der Waals surface area contributed by atoms with Gasteiger partial charge in [-0.1, -0.05) is 23.5 Å². The minimum absolute atomic E-state index is 0.0551. The fourth-order valence-corrected chi connectivity index (χ4v) is 2.49. The lowest BCUT2D eigenvalue weighted by Crippen LogP contribution is -2.13. The number of benzene rings is 1. The smallest absolute Gasteiger partial charge is 0.238 e. The number of sulfonamides is 1. The second-order valence-corrected chi connectivity index (χ2v) is 6.38. The zero-order valence-corrected chi connectivity index (χ0v) is 11.9. The zero-order valence-electron chi connectivity index (χ0n) is 10.3. The minimum Gasteiger partial charge on any atom is -0.301 e. The number of nitrogens with one attached hydrogen (secondary N) is 1. The summed E-state index contributed by atoms with van der Waals surface area (Å²) in [5, 5.41) is 15.4. The van der Waals surface area contributed by atoms with Crippen molar-refractivity contribution in [3.63, 3.8) is 0 Å². The summed E-state index contributed by atoms with van der Waals surface area (Å²) in [5.41, 5.74) is 2.38. The van der Waals surface area contributed by atoms with Crippen LogP contribution in [0, 0.1) is 0 Å². The molecule has 9 heteroatoms. The van der Waals surface area contributed by atoms with E-state index in [2.05, 4.69) is 15.5 Å². The molecule has 0 saturated carbocycles. The number of carbonyl (C=O) groups is 1. The molecule has 0 unspecified atom stereocenters. The van der Waals surface area contributed by atoms with E-state index in [4.69, 9.17) is 5.14 Å². The van der Waals surface area contributed by atoms with Crippen molar-refractivity contribution < 1.29 is 13.2 Å². The molecule has 0 fully saturated rings. The Kier molecular flexibility index (Phi) is 4.42. The van der Waals surface area contributed by atoms with E-state index in [1.54, 1.807) is 12.1 Å². The van der Waals surface area contributed by atoms with Gasteiger partial charge in [0.1, 0.15) is 5.51 Å². The number of aromatic nitrogens is 2. The molecule has 20 heavy (non-hydrogen) atoms. The molecule has 0 aliphatic rings. The lowest BCUT2D eigenvalue weighted by molar-refractivity contribution is -0.116. The zero-order chi connectivity index (χ0) is 14.6. The fraction of sp³-hybridized carbons (Fsp3) is 0.182. The second-order valence-electron chi connectivity index (χ2n) is 3.98. The molecular formula is C11H12N4O3S2. The van der Waals surface area contributed by atoms with E-state index in [0.717, 1.165) is 5.56 Å². The first-order chi connectivity index (χ1) is 9.45. The molecule has 0 radical (unpaired) electrons. The van der Waals surface area contributed by atoms with Crippen molar-refractivity contribution in [1.29, 1.82) is 0 Å². The Morgan fingerprint density at radius 3 is 2.55 bits per heavy atom. The molecule has 0 spiro atoms. The van der Waals surface area contributed by atoms with E-state index in [9.17, 15) is 13.2 Å². The van der Waals surface area contributed by atoms with Gasteiger partial charge in [-0.15, -0.1) is 10.2 Å². The average molecular weight is 312 g/mol. The van der Waals surface area contributed by atoms with Gasteiger partial charge in [0.05, 0.1) is 4.90 Å². The monoisotopic (exact) mass is 312 g/mol. The molecule has 2 aromatic rings. The highest BCUT2D eigenvalue weighted by Crippen LogP contribution is 2.12. The van der Waals surface area contributed by atoms with Crippen LogP contribution in [0.2, 0.25) is 0 Å².